The Morgan fingerprint density at radius 1 is 1.50 bits per heavy atom. The number of thiocarbonyl (C=S) groups is 1. The zero-order valence-electron chi connectivity index (χ0n) is 11.2. The number of hydrogen-bond donors (Lipinski definition) is 1. The van der Waals surface area contributed by atoms with Crippen LogP contribution in [0.4, 0.5) is 0 Å². The van der Waals surface area contributed by atoms with E-state index < -0.39 is 10.0 Å². The molecule has 20 heavy (non-hydrogen) atoms. The summed E-state index contributed by atoms with van der Waals surface area (Å²) in [6.45, 7) is 0.524. The molecule has 1 fully saturated rings. The smallest absolute Gasteiger partial charge is 0.244 e. The molecule has 110 valence electrons. The first-order valence-corrected chi connectivity index (χ1v) is 8.60. The summed E-state index contributed by atoms with van der Waals surface area (Å²) in [4.78, 5) is 0.214. The minimum absolute atomic E-state index is 0.0614. The minimum atomic E-state index is -3.61. The van der Waals surface area contributed by atoms with E-state index in [4.69, 9.17) is 29.6 Å². The summed E-state index contributed by atoms with van der Waals surface area (Å²) in [6, 6.07) is 4.58. The molecule has 4 nitrogen and oxygen atoms in total. The molecule has 0 atom stereocenters. The van der Waals surface area contributed by atoms with Gasteiger partial charge in [-0.15, -0.1) is 0 Å². The molecule has 2 N–H and O–H groups in total. The van der Waals surface area contributed by atoms with Crippen LogP contribution in [-0.4, -0.2) is 31.3 Å². The van der Waals surface area contributed by atoms with E-state index in [1.54, 1.807) is 13.1 Å². The van der Waals surface area contributed by atoms with Crippen LogP contribution in [0.25, 0.3) is 0 Å². The first-order chi connectivity index (χ1) is 9.32. The van der Waals surface area contributed by atoms with Gasteiger partial charge in [0.05, 0.1) is 5.02 Å². The van der Waals surface area contributed by atoms with Crippen LogP contribution in [0.3, 0.4) is 0 Å². The maximum Gasteiger partial charge on any atom is 0.244 e. The molecule has 7 heteroatoms. The third-order valence-corrected chi connectivity index (χ3v) is 6.18. The molecule has 1 aromatic carbocycles. The van der Waals surface area contributed by atoms with E-state index in [1.165, 1.54) is 22.9 Å². The molecule has 0 bridgehead atoms. The van der Waals surface area contributed by atoms with E-state index in [-0.39, 0.29) is 14.9 Å². The summed E-state index contributed by atoms with van der Waals surface area (Å²) < 4.78 is 26.5. The van der Waals surface area contributed by atoms with Gasteiger partial charge in [0.1, 0.15) is 9.88 Å². The van der Waals surface area contributed by atoms with E-state index in [1.807, 2.05) is 0 Å². The highest BCUT2D eigenvalue weighted by molar-refractivity contribution is 7.89. The lowest BCUT2D eigenvalue weighted by Gasteiger charge is -2.29. The highest BCUT2D eigenvalue weighted by atomic mass is 35.5. The summed E-state index contributed by atoms with van der Waals surface area (Å²) in [6.07, 6.45) is 3.34. The molecule has 0 aliphatic heterocycles. The lowest BCUT2D eigenvalue weighted by Crippen LogP contribution is -2.34. The Morgan fingerprint density at radius 3 is 2.65 bits per heavy atom. The molecular weight excluding hydrogens is 316 g/mol. The summed E-state index contributed by atoms with van der Waals surface area (Å²) in [7, 11) is -2.03. The van der Waals surface area contributed by atoms with Crippen LogP contribution in [0.5, 0.6) is 0 Å². The molecule has 1 aliphatic carbocycles. The third-order valence-electron chi connectivity index (χ3n) is 3.64. The number of nitrogens with two attached hydrogens (primary N) is 1. The van der Waals surface area contributed by atoms with Crippen molar-refractivity contribution in [2.45, 2.75) is 24.2 Å². The van der Waals surface area contributed by atoms with E-state index in [0.717, 1.165) is 12.8 Å². The Morgan fingerprint density at radius 2 is 2.15 bits per heavy atom. The van der Waals surface area contributed by atoms with Crippen LogP contribution in [0.1, 0.15) is 24.8 Å². The van der Waals surface area contributed by atoms with E-state index in [2.05, 4.69) is 0 Å². The van der Waals surface area contributed by atoms with Crippen LogP contribution in [-0.2, 0) is 10.0 Å². The fraction of sp³-hybridized carbons (Fsp3) is 0.462. The molecule has 0 heterocycles. The Balaban J connectivity index is 2.32. The average Bonchev–Trinajstić information content (AvgIpc) is 2.33. The van der Waals surface area contributed by atoms with Gasteiger partial charge in [0.15, 0.2) is 0 Å². The van der Waals surface area contributed by atoms with Gasteiger partial charge in [-0.1, -0.05) is 36.3 Å². The van der Waals surface area contributed by atoms with Gasteiger partial charge >= 0.3 is 0 Å². The first-order valence-electron chi connectivity index (χ1n) is 6.38. The van der Waals surface area contributed by atoms with Crippen molar-refractivity contribution in [3.63, 3.8) is 0 Å². The average molecular weight is 333 g/mol. The number of halogens is 1. The van der Waals surface area contributed by atoms with Gasteiger partial charge in [-0.2, -0.15) is 0 Å². The van der Waals surface area contributed by atoms with E-state index in [0.29, 0.717) is 18.0 Å². The molecule has 1 aromatic rings. The highest BCUT2D eigenvalue weighted by Crippen LogP contribution is 2.30. The topological polar surface area (TPSA) is 63.4 Å². The Hall–Kier alpha value is -0.690. The molecule has 0 spiro atoms. The Bertz CT molecular complexity index is 627. The van der Waals surface area contributed by atoms with Crippen molar-refractivity contribution < 1.29 is 8.42 Å². The lowest BCUT2D eigenvalue weighted by molar-refractivity contribution is 0.263. The molecule has 0 radical (unpaired) electrons. The lowest BCUT2D eigenvalue weighted by atomic mass is 9.86. The second kappa shape index (κ2) is 5.97. The predicted molar refractivity (Wildman–Crippen MR) is 84.5 cm³/mol. The van der Waals surface area contributed by atoms with Crippen LogP contribution < -0.4 is 5.73 Å². The number of sulfonamides is 1. The number of rotatable bonds is 5. The summed E-state index contributed by atoms with van der Waals surface area (Å²) in [5.41, 5.74) is 6.04. The second-order valence-electron chi connectivity index (χ2n) is 5.09. The molecule has 0 aromatic heterocycles. The van der Waals surface area contributed by atoms with Crippen molar-refractivity contribution in [3.8, 4) is 0 Å². The Kier molecular flexibility index (Phi) is 4.69. The van der Waals surface area contributed by atoms with Crippen LogP contribution in [0.15, 0.2) is 23.1 Å². The second-order valence-corrected chi connectivity index (χ2v) is 7.95. The van der Waals surface area contributed by atoms with Crippen molar-refractivity contribution in [3.05, 3.63) is 28.8 Å². The number of nitrogens with zero attached hydrogens (tertiary/aromatic N) is 1. The first kappa shape index (κ1) is 15.7. The van der Waals surface area contributed by atoms with Crippen molar-refractivity contribution in [1.82, 2.24) is 4.31 Å². The highest BCUT2D eigenvalue weighted by Gasteiger charge is 2.28. The van der Waals surface area contributed by atoms with Crippen molar-refractivity contribution in [2.75, 3.05) is 13.6 Å². The van der Waals surface area contributed by atoms with Gasteiger partial charge in [-0.05, 0) is 30.9 Å². The van der Waals surface area contributed by atoms with Gasteiger partial charge in [0.25, 0.3) is 0 Å². The molecule has 1 aliphatic rings. The normalized spacial score (nSPS) is 16.1. The predicted octanol–water partition coefficient (Wildman–Crippen LogP) is 2.39. The Labute approximate surface area is 130 Å². The standard InChI is InChI=1S/C13H17ClN2O2S2/c1-16(8-9-3-2-4-9)20(17,18)12-7-10(13(15)19)5-6-11(12)14/h5-7,9H,2-4,8H2,1H3,(H2,15,19). The number of benzene rings is 1. The van der Waals surface area contributed by atoms with Crippen LogP contribution in [0.2, 0.25) is 5.02 Å². The largest absolute Gasteiger partial charge is 0.389 e. The van der Waals surface area contributed by atoms with Gasteiger partial charge in [0.2, 0.25) is 10.0 Å². The minimum Gasteiger partial charge on any atom is -0.389 e. The summed E-state index contributed by atoms with van der Waals surface area (Å²) >= 11 is 10.9. The van der Waals surface area contributed by atoms with Gasteiger partial charge in [-0.25, -0.2) is 12.7 Å². The zero-order valence-corrected chi connectivity index (χ0v) is 13.6. The zero-order chi connectivity index (χ0) is 14.9. The molecule has 2 rings (SSSR count). The van der Waals surface area contributed by atoms with Crippen molar-refractivity contribution in [1.29, 1.82) is 0 Å². The maximum atomic E-state index is 12.6. The fourth-order valence-electron chi connectivity index (χ4n) is 2.16. The molecule has 0 amide bonds. The quantitative estimate of drug-likeness (QED) is 0.841. The van der Waals surface area contributed by atoms with Crippen LogP contribution in [0, 0.1) is 5.92 Å². The monoisotopic (exact) mass is 332 g/mol. The SMILES string of the molecule is CN(CC1CCC1)S(=O)(=O)c1cc(C(N)=S)ccc1Cl. The molecule has 0 unspecified atom stereocenters. The van der Waals surface area contributed by atoms with Crippen molar-refractivity contribution >= 4 is 38.8 Å². The van der Waals surface area contributed by atoms with Gasteiger partial charge in [-0.3, -0.25) is 0 Å². The summed E-state index contributed by atoms with van der Waals surface area (Å²) in [5.74, 6) is 0.451. The van der Waals surface area contributed by atoms with E-state index >= 15 is 0 Å². The molecule has 1 saturated carbocycles. The molecular formula is C13H17ClN2O2S2. The molecule has 0 saturated heterocycles. The van der Waals surface area contributed by atoms with Crippen molar-refractivity contribution in [2.24, 2.45) is 11.7 Å². The van der Waals surface area contributed by atoms with E-state index in [9.17, 15) is 8.42 Å². The maximum absolute atomic E-state index is 12.6. The van der Waals surface area contributed by atoms with Crippen LogP contribution >= 0.6 is 23.8 Å². The number of hydrogen-bond acceptors (Lipinski definition) is 3. The summed E-state index contributed by atoms with van der Waals surface area (Å²) in [5, 5.41) is 0.186. The fourth-order valence-corrected chi connectivity index (χ4v) is 4.03. The van der Waals surface area contributed by atoms with Gasteiger partial charge in [0, 0.05) is 19.2 Å². The van der Waals surface area contributed by atoms with Gasteiger partial charge < -0.3 is 5.73 Å². The third kappa shape index (κ3) is 3.14.